The summed E-state index contributed by atoms with van der Waals surface area (Å²) in [4.78, 5) is 10.3. The Morgan fingerprint density at radius 3 is 2.38 bits per heavy atom. The van der Waals surface area contributed by atoms with Crippen molar-refractivity contribution in [2.24, 2.45) is 0 Å². The minimum absolute atomic E-state index is 0.131. The molecule has 1 aromatic carbocycles. The first kappa shape index (κ1) is 10.7. The largest absolute Gasteiger partial charge is 0.287 e. The van der Waals surface area contributed by atoms with Crippen LogP contribution >= 0.6 is 31.9 Å². The number of rotatable bonds is 1. The van der Waals surface area contributed by atoms with Crippen molar-refractivity contribution in [1.29, 1.82) is 0 Å². The van der Waals surface area contributed by atoms with E-state index in [0.717, 1.165) is 10.0 Å². The highest BCUT2D eigenvalue weighted by molar-refractivity contribution is 9.11. The predicted molar refractivity (Wildman–Crippen MR) is 58.0 cm³/mol. The number of halogens is 2. The first-order valence-electron chi connectivity index (χ1n) is 3.54. The fraction of sp³-hybridized carbons (Fsp3) is 0.250. The lowest BCUT2D eigenvalue weighted by Crippen LogP contribution is -1.95. The van der Waals surface area contributed by atoms with Crippen LogP contribution in [0.2, 0.25) is 0 Å². The zero-order valence-electron chi connectivity index (χ0n) is 7.10. The Bertz CT molecular complexity index is 351. The van der Waals surface area contributed by atoms with E-state index in [2.05, 4.69) is 31.9 Å². The van der Waals surface area contributed by atoms with E-state index in [1.807, 2.05) is 13.0 Å². The van der Waals surface area contributed by atoms with Gasteiger partial charge in [-0.1, -0.05) is 15.9 Å². The van der Waals surface area contributed by atoms with Crippen LogP contribution in [0.4, 0.5) is 5.69 Å². The molecule has 0 radical (unpaired) electrons. The van der Waals surface area contributed by atoms with Gasteiger partial charge in [0.1, 0.15) is 0 Å². The number of hydrogen-bond donors (Lipinski definition) is 0. The topological polar surface area (TPSA) is 43.1 Å². The van der Waals surface area contributed by atoms with Crippen LogP contribution in [-0.2, 0) is 0 Å². The molecule has 0 fully saturated rings. The molecule has 0 aliphatic rings. The van der Waals surface area contributed by atoms with E-state index in [1.54, 1.807) is 6.92 Å². The maximum atomic E-state index is 10.7. The molecule has 1 rings (SSSR count). The molecule has 3 nitrogen and oxygen atoms in total. The maximum Gasteiger partial charge on any atom is 0.287 e. The Morgan fingerprint density at radius 2 is 1.92 bits per heavy atom. The quantitative estimate of drug-likeness (QED) is 0.586. The van der Waals surface area contributed by atoms with E-state index < -0.39 is 0 Å². The summed E-state index contributed by atoms with van der Waals surface area (Å²) in [7, 11) is 0. The molecule has 0 saturated heterocycles. The fourth-order valence-corrected chi connectivity index (χ4v) is 2.13. The van der Waals surface area contributed by atoms with Crippen LogP contribution in [0.15, 0.2) is 15.0 Å². The summed E-state index contributed by atoms with van der Waals surface area (Å²) in [5.74, 6) is 0. The van der Waals surface area contributed by atoms with E-state index in [-0.39, 0.29) is 10.6 Å². The molecule has 0 aliphatic heterocycles. The number of aryl methyl sites for hydroxylation is 1. The number of hydrogen-bond acceptors (Lipinski definition) is 2. The zero-order chi connectivity index (χ0) is 10.2. The molecule has 5 heteroatoms. The highest BCUT2D eigenvalue weighted by Crippen LogP contribution is 2.35. The van der Waals surface area contributed by atoms with Crippen LogP contribution in [0.5, 0.6) is 0 Å². The molecule has 0 aromatic heterocycles. The number of nitrogens with zero attached hydrogens (tertiary/aromatic N) is 1. The van der Waals surface area contributed by atoms with Gasteiger partial charge in [-0.2, -0.15) is 0 Å². The SMILES string of the molecule is Cc1cc(Br)c(C)c([N+](=O)[O-])c1Br. The van der Waals surface area contributed by atoms with Gasteiger partial charge in [0.2, 0.25) is 0 Å². The summed E-state index contributed by atoms with van der Waals surface area (Å²) < 4.78 is 1.32. The molecular formula is C8H7Br2NO2. The van der Waals surface area contributed by atoms with Crippen molar-refractivity contribution in [3.05, 3.63) is 36.3 Å². The lowest BCUT2D eigenvalue weighted by atomic mass is 10.1. The van der Waals surface area contributed by atoms with Crippen LogP contribution in [-0.4, -0.2) is 4.92 Å². The average Bonchev–Trinajstić information content (AvgIpc) is 2.01. The molecule has 0 unspecified atom stereocenters. The minimum atomic E-state index is -0.378. The zero-order valence-corrected chi connectivity index (χ0v) is 10.3. The highest BCUT2D eigenvalue weighted by atomic mass is 79.9. The summed E-state index contributed by atoms with van der Waals surface area (Å²) in [6.07, 6.45) is 0. The van der Waals surface area contributed by atoms with Crippen LogP contribution in [0.3, 0.4) is 0 Å². The van der Waals surface area contributed by atoms with Crippen LogP contribution in [0.25, 0.3) is 0 Å². The Balaban J connectivity index is 3.56. The van der Waals surface area contributed by atoms with Crippen molar-refractivity contribution in [2.75, 3.05) is 0 Å². The lowest BCUT2D eigenvalue weighted by molar-refractivity contribution is -0.386. The van der Waals surface area contributed by atoms with E-state index in [0.29, 0.717) is 10.0 Å². The molecule has 0 amide bonds. The molecule has 0 heterocycles. The van der Waals surface area contributed by atoms with Crippen molar-refractivity contribution in [3.63, 3.8) is 0 Å². The molecule has 70 valence electrons. The minimum Gasteiger partial charge on any atom is -0.258 e. The first-order chi connectivity index (χ1) is 5.95. The van der Waals surface area contributed by atoms with Gasteiger partial charge in [0.05, 0.1) is 9.40 Å². The molecule has 1 aromatic rings. The lowest BCUT2D eigenvalue weighted by Gasteiger charge is -2.05. The highest BCUT2D eigenvalue weighted by Gasteiger charge is 2.19. The van der Waals surface area contributed by atoms with Gasteiger partial charge in [-0.3, -0.25) is 10.1 Å². The number of nitro groups is 1. The third-order valence-electron chi connectivity index (χ3n) is 1.79. The van der Waals surface area contributed by atoms with Crippen LogP contribution in [0, 0.1) is 24.0 Å². The van der Waals surface area contributed by atoms with Crippen LogP contribution in [0.1, 0.15) is 11.1 Å². The second kappa shape index (κ2) is 3.75. The van der Waals surface area contributed by atoms with Gasteiger partial charge in [0, 0.05) is 10.0 Å². The smallest absolute Gasteiger partial charge is 0.258 e. The van der Waals surface area contributed by atoms with Gasteiger partial charge in [0.15, 0.2) is 0 Å². The molecule has 0 saturated carbocycles. The Hall–Kier alpha value is -0.420. The summed E-state index contributed by atoms with van der Waals surface area (Å²) in [5, 5.41) is 10.7. The Labute approximate surface area is 92.5 Å². The van der Waals surface area contributed by atoms with Crippen molar-refractivity contribution in [1.82, 2.24) is 0 Å². The molecular weight excluding hydrogens is 302 g/mol. The van der Waals surface area contributed by atoms with Gasteiger partial charge in [-0.05, 0) is 41.4 Å². The average molecular weight is 309 g/mol. The van der Waals surface area contributed by atoms with Crippen LogP contribution < -0.4 is 0 Å². The molecule has 0 atom stereocenters. The summed E-state index contributed by atoms with van der Waals surface area (Å²) in [6, 6.07) is 1.85. The van der Waals surface area contributed by atoms with E-state index in [1.165, 1.54) is 0 Å². The summed E-state index contributed by atoms with van der Waals surface area (Å²) in [6.45, 7) is 3.54. The summed E-state index contributed by atoms with van der Waals surface area (Å²) >= 11 is 6.48. The fourth-order valence-electron chi connectivity index (χ4n) is 1.04. The van der Waals surface area contributed by atoms with Crippen molar-refractivity contribution in [2.45, 2.75) is 13.8 Å². The number of nitro benzene ring substituents is 1. The summed E-state index contributed by atoms with van der Waals surface area (Å²) in [5.41, 5.74) is 1.62. The van der Waals surface area contributed by atoms with E-state index in [4.69, 9.17) is 0 Å². The van der Waals surface area contributed by atoms with Crippen molar-refractivity contribution in [3.8, 4) is 0 Å². The normalized spacial score (nSPS) is 10.2. The monoisotopic (exact) mass is 307 g/mol. The van der Waals surface area contributed by atoms with Gasteiger partial charge >= 0.3 is 0 Å². The van der Waals surface area contributed by atoms with Gasteiger partial charge < -0.3 is 0 Å². The van der Waals surface area contributed by atoms with Crippen molar-refractivity contribution < 1.29 is 4.92 Å². The van der Waals surface area contributed by atoms with Gasteiger partial charge in [-0.25, -0.2) is 0 Å². The second-order valence-corrected chi connectivity index (χ2v) is 4.37. The standard InChI is InChI=1S/C8H7Br2NO2/c1-4-3-6(9)5(2)8(7(4)10)11(12)13/h3H,1-2H3. The van der Waals surface area contributed by atoms with E-state index in [9.17, 15) is 10.1 Å². The van der Waals surface area contributed by atoms with Gasteiger partial charge in [0.25, 0.3) is 5.69 Å². The van der Waals surface area contributed by atoms with Crippen molar-refractivity contribution >= 4 is 37.5 Å². The number of benzene rings is 1. The molecule has 0 spiro atoms. The van der Waals surface area contributed by atoms with E-state index >= 15 is 0 Å². The van der Waals surface area contributed by atoms with Gasteiger partial charge in [-0.15, -0.1) is 0 Å². The molecule has 13 heavy (non-hydrogen) atoms. The molecule has 0 bridgehead atoms. The third kappa shape index (κ3) is 1.91. The first-order valence-corrected chi connectivity index (χ1v) is 5.13. The maximum absolute atomic E-state index is 10.7. The predicted octanol–water partition coefficient (Wildman–Crippen LogP) is 3.74. The molecule has 0 N–H and O–H groups in total. The molecule has 0 aliphatic carbocycles. The Kier molecular flexibility index (Phi) is 3.08. The Morgan fingerprint density at radius 1 is 1.38 bits per heavy atom. The third-order valence-corrected chi connectivity index (χ3v) is 3.62. The second-order valence-electron chi connectivity index (χ2n) is 2.72.